The minimum absolute atomic E-state index is 0.116. The molecule has 0 saturated carbocycles. The van der Waals surface area contributed by atoms with Gasteiger partial charge in [0.2, 0.25) is 0 Å². The van der Waals surface area contributed by atoms with Crippen LogP contribution in [0.25, 0.3) is 11.1 Å². The number of rotatable bonds is 2. The summed E-state index contributed by atoms with van der Waals surface area (Å²) in [6.07, 6.45) is 4.91. The Balaban J connectivity index is 2.52. The number of nitrogens with two attached hydrogens (primary N) is 1. The van der Waals surface area contributed by atoms with Crippen molar-refractivity contribution in [2.45, 2.75) is 0 Å². The van der Waals surface area contributed by atoms with Crippen molar-refractivity contribution in [1.82, 2.24) is 9.97 Å². The fraction of sp³-hybridized carbons (Fsp3) is 0. The number of aromatic nitrogens is 2. The van der Waals surface area contributed by atoms with E-state index in [2.05, 4.69) is 9.97 Å². The zero-order valence-corrected chi connectivity index (χ0v) is 8.98. The van der Waals surface area contributed by atoms with Crippen molar-refractivity contribution < 1.29 is 4.79 Å². The van der Waals surface area contributed by atoms with Gasteiger partial charge in [-0.15, -0.1) is 0 Å². The van der Waals surface area contributed by atoms with E-state index < -0.39 is 5.91 Å². The van der Waals surface area contributed by atoms with Crippen molar-refractivity contribution in [3.8, 4) is 11.1 Å². The molecule has 5 heteroatoms. The molecule has 2 heterocycles. The van der Waals surface area contributed by atoms with Crippen LogP contribution in [-0.2, 0) is 0 Å². The molecule has 2 N–H and O–H groups in total. The first-order valence-electron chi connectivity index (χ1n) is 4.54. The van der Waals surface area contributed by atoms with E-state index in [1.807, 2.05) is 12.1 Å². The second-order valence-electron chi connectivity index (χ2n) is 3.16. The number of halogens is 1. The molecule has 0 aliphatic heterocycles. The molecule has 0 saturated heterocycles. The Morgan fingerprint density at radius 2 is 1.94 bits per heavy atom. The van der Waals surface area contributed by atoms with Crippen LogP contribution in [0, 0.1) is 0 Å². The number of nitrogens with zero attached hydrogens (tertiary/aromatic N) is 2. The van der Waals surface area contributed by atoms with Crippen LogP contribution in [0.15, 0.2) is 36.8 Å². The summed E-state index contributed by atoms with van der Waals surface area (Å²) < 4.78 is 0. The fourth-order valence-electron chi connectivity index (χ4n) is 1.32. The highest BCUT2D eigenvalue weighted by Crippen LogP contribution is 2.22. The maximum atomic E-state index is 11.1. The molecule has 0 atom stereocenters. The zero-order valence-electron chi connectivity index (χ0n) is 8.22. The zero-order chi connectivity index (χ0) is 11.5. The molecule has 0 aliphatic rings. The number of hydrogen-bond donors (Lipinski definition) is 1. The SMILES string of the molecule is NC(=O)c1cc(-c2ccncc2)cnc1Cl. The van der Waals surface area contributed by atoms with Crippen LogP contribution in [0.2, 0.25) is 5.15 Å². The summed E-state index contributed by atoms with van der Waals surface area (Å²) in [5.41, 5.74) is 7.09. The van der Waals surface area contributed by atoms with E-state index in [4.69, 9.17) is 17.3 Å². The Labute approximate surface area is 97.1 Å². The largest absolute Gasteiger partial charge is 0.366 e. The molecule has 0 radical (unpaired) electrons. The first kappa shape index (κ1) is 10.6. The number of hydrogen-bond acceptors (Lipinski definition) is 3. The molecule has 0 aliphatic carbocycles. The summed E-state index contributed by atoms with van der Waals surface area (Å²) >= 11 is 5.75. The quantitative estimate of drug-likeness (QED) is 0.806. The predicted octanol–water partition coefficient (Wildman–Crippen LogP) is 1.90. The van der Waals surface area contributed by atoms with Crippen LogP contribution < -0.4 is 5.73 Å². The van der Waals surface area contributed by atoms with Crippen LogP contribution in [0.5, 0.6) is 0 Å². The van der Waals surface area contributed by atoms with Gasteiger partial charge in [-0.1, -0.05) is 11.6 Å². The topological polar surface area (TPSA) is 68.9 Å². The molecular formula is C11H8ClN3O. The van der Waals surface area contributed by atoms with Gasteiger partial charge in [0.1, 0.15) is 5.15 Å². The summed E-state index contributed by atoms with van der Waals surface area (Å²) in [5, 5.41) is 0.116. The lowest BCUT2D eigenvalue weighted by molar-refractivity contribution is 0.1000. The third kappa shape index (κ3) is 2.01. The van der Waals surface area contributed by atoms with Gasteiger partial charge in [-0.3, -0.25) is 9.78 Å². The average Bonchev–Trinajstić information content (AvgIpc) is 2.30. The molecule has 2 aromatic heterocycles. The highest BCUT2D eigenvalue weighted by Gasteiger charge is 2.09. The fourth-order valence-corrected chi connectivity index (χ4v) is 1.52. The first-order valence-corrected chi connectivity index (χ1v) is 4.92. The van der Waals surface area contributed by atoms with Crippen LogP contribution in [-0.4, -0.2) is 15.9 Å². The van der Waals surface area contributed by atoms with Crippen molar-refractivity contribution in [2.24, 2.45) is 5.73 Å². The van der Waals surface area contributed by atoms with Crippen LogP contribution in [0.3, 0.4) is 0 Å². The van der Waals surface area contributed by atoms with Gasteiger partial charge in [0.05, 0.1) is 5.56 Å². The summed E-state index contributed by atoms with van der Waals surface area (Å²) in [7, 11) is 0. The maximum absolute atomic E-state index is 11.1. The van der Waals surface area contributed by atoms with E-state index in [1.54, 1.807) is 24.7 Å². The van der Waals surface area contributed by atoms with E-state index in [-0.39, 0.29) is 10.7 Å². The summed E-state index contributed by atoms with van der Waals surface area (Å²) in [4.78, 5) is 18.9. The second-order valence-corrected chi connectivity index (χ2v) is 3.52. The van der Waals surface area contributed by atoms with Gasteiger partial charge in [0, 0.05) is 24.2 Å². The molecule has 0 spiro atoms. The molecule has 80 valence electrons. The second kappa shape index (κ2) is 4.28. The normalized spacial score (nSPS) is 10.1. The minimum atomic E-state index is -0.589. The molecule has 2 rings (SSSR count). The number of pyridine rings is 2. The van der Waals surface area contributed by atoms with E-state index in [1.165, 1.54) is 0 Å². The minimum Gasteiger partial charge on any atom is -0.366 e. The van der Waals surface area contributed by atoms with Gasteiger partial charge in [0.25, 0.3) is 5.91 Å². The Kier molecular flexibility index (Phi) is 2.83. The lowest BCUT2D eigenvalue weighted by Crippen LogP contribution is -2.12. The first-order chi connectivity index (χ1) is 7.68. The van der Waals surface area contributed by atoms with Crippen molar-refractivity contribution in [2.75, 3.05) is 0 Å². The number of carbonyl (C=O) groups excluding carboxylic acids is 1. The van der Waals surface area contributed by atoms with Crippen molar-refractivity contribution in [3.63, 3.8) is 0 Å². The van der Waals surface area contributed by atoms with E-state index >= 15 is 0 Å². The molecule has 4 nitrogen and oxygen atoms in total. The van der Waals surface area contributed by atoms with Crippen molar-refractivity contribution in [3.05, 3.63) is 47.5 Å². The Morgan fingerprint density at radius 1 is 1.25 bits per heavy atom. The van der Waals surface area contributed by atoms with Crippen LogP contribution >= 0.6 is 11.6 Å². The Bertz CT molecular complexity index is 528. The van der Waals surface area contributed by atoms with Crippen LogP contribution in [0.1, 0.15) is 10.4 Å². The maximum Gasteiger partial charge on any atom is 0.251 e. The highest BCUT2D eigenvalue weighted by molar-refractivity contribution is 6.32. The molecule has 2 aromatic rings. The number of primary amides is 1. The van der Waals surface area contributed by atoms with Gasteiger partial charge in [-0.2, -0.15) is 0 Å². The van der Waals surface area contributed by atoms with Gasteiger partial charge in [-0.25, -0.2) is 4.98 Å². The van der Waals surface area contributed by atoms with Gasteiger partial charge < -0.3 is 5.73 Å². The number of amides is 1. The number of carbonyl (C=O) groups is 1. The smallest absolute Gasteiger partial charge is 0.251 e. The molecule has 16 heavy (non-hydrogen) atoms. The summed E-state index contributed by atoms with van der Waals surface area (Å²) in [6.45, 7) is 0. The lowest BCUT2D eigenvalue weighted by atomic mass is 10.1. The molecule has 0 bridgehead atoms. The summed E-state index contributed by atoms with van der Waals surface area (Å²) in [5.74, 6) is -0.589. The predicted molar refractivity (Wildman–Crippen MR) is 61.0 cm³/mol. The van der Waals surface area contributed by atoms with Crippen LogP contribution in [0.4, 0.5) is 0 Å². The third-order valence-corrected chi connectivity index (χ3v) is 2.42. The molecule has 0 fully saturated rings. The Hall–Kier alpha value is -1.94. The van der Waals surface area contributed by atoms with Crippen molar-refractivity contribution in [1.29, 1.82) is 0 Å². The average molecular weight is 234 g/mol. The molecular weight excluding hydrogens is 226 g/mol. The lowest BCUT2D eigenvalue weighted by Gasteiger charge is -2.03. The van der Waals surface area contributed by atoms with E-state index in [0.717, 1.165) is 11.1 Å². The van der Waals surface area contributed by atoms with E-state index in [9.17, 15) is 4.79 Å². The molecule has 0 unspecified atom stereocenters. The van der Waals surface area contributed by atoms with Gasteiger partial charge >= 0.3 is 0 Å². The third-order valence-electron chi connectivity index (χ3n) is 2.12. The monoisotopic (exact) mass is 233 g/mol. The standard InChI is InChI=1S/C11H8ClN3O/c12-10-9(11(13)16)5-8(6-15-10)7-1-3-14-4-2-7/h1-6H,(H2,13,16). The van der Waals surface area contributed by atoms with E-state index in [0.29, 0.717) is 0 Å². The molecule has 1 amide bonds. The summed E-state index contributed by atoms with van der Waals surface area (Å²) in [6, 6.07) is 5.25. The van der Waals surface area contributed by atoms with Gasteiger partial charge in [0.15, 0.2) is 0 Å². The van der Waals surface area contributed by atoms with Crippen molar-refractivity contribution >= 4 is 17.5 Å². The van der Waals surface area contributed by atoms with Gasteiger partial charge in [-0.05, 0) is 23.8 Å². The highest BCUT2D eigenvalue weighted by atomic mass is 35.5. The Morgan fingerprint density at radius 3 is 2.56 bits per heavy atom. The molecule has 0 aromatic carbocycles.